The second-order valence-corrected chi connectivity index (χ2v) is 10.6. The van der Waals surface area contributed by atoms with Crippen molar-refractivity contribution in [2.75, 3.05) is 26.2 Å². The van der Waals surface area contributed by atoms with Gasteiger partial charge in [-0.05, 0) is 43.1 Å². The summed E-state index contributed by atoms with van der Waals surface area (Å²) >= 11 is 0. The third-order valence-corrected chi connectivity index (χ3v) is 7.86. The van der Waals surface area contributed by atoms with Crippen molar-refractivity contribution in [2.24, 2.45) is 5.73 Å². The summed E-state index contributed by atoms with van der Waals surface area (Å²) in [6.45, 7) is 1.36. The Labute approximate surface area is 177 Å². The van der Waals surface area contributed by atoms with Crippen LogP contribution in [0.1, 0.15) is 26.2 Å². The second-order valence-electron chi connectivity index (χ2n) is 8.68. The van der Waals surface area contributed by atoms with E-state index < -0.39 is 39.2 Å². The molecule has 31 heavy (non-hydrogen) atoms. The first kappa shape index (κ1) is 22.7. The molecule has 0 amide bonds. The normalized spacial score (nSPS) is 35.3. The lowest BCUT2D eigenvalue weighted by molar-refractivity contribution is -0.0486. The van der Waals surface area contributed by atoms with Crippen LogP contribution in [0.2, 0.25) is 0 Å². The fraction of sp³-hybridized carbons (Fsp3) is 0.684. The van der Waals surface area contributed by atoms with Gasteiger partial charge in [0.15, 0.2) is 0 Å². The van der Waals surface area contributed by atoms with Crippen LogP contribution >= 0.6 is 0 Å². The third-order valence-electron chi connectivity index (χ3n) is 6.34. The molecule has 1 fully saturated rings. The number of alkyl halides is 4. The number of rotatable bonds is 3. The first-order chi connectivity index (χ1) is 14.3. The zero-order valence-corrected chi connectivity index (χ0v) is 17.6. The molecule has 0 spiro atoms. The van der Waals surface area contributed by atoms with E-state index in [9.17, 15) is 30.4 Å². The highest BCUT2D eigenvalue weighted by atomic mass is 32.2. The Bertz CT molecular complexity index is 957. The number of hydrogen-bond acceptors (Lipinski definition) is 5. The first-order valence-corrected chi connectivity index (χ1v) is 11.4. The Morgan fingerprint density at radius 3 is 2.65 bits per heavy atom. The summed E-state index contributed by atoms with van der Waals surface area (Å²) in [5.74, 6) is -0.566. The van der Waals surface area contributed by atoms with Crippen molar-refractivity contribution < 1.29 is 35.1 Å². The van der Waals surface area contributed by atoms with E-state index in [4.69, 9.17) is 10.5 Å². The van der Waals surface area contributed by atoms with E-state index in [2.05, 4.69) is 0 Å². The first-order valence-electron chi connectivity index (χ1n) is 9.98. The van der Waals surface area contributed by atoms with Gasteiger partial charge < -0.3 is 15.4 Å². The van der Waals surface area contributed by atoms with Gasteiger partial charge in [-0.25, -0.2) is 17.2 Å². The molecule has 4 aliphatic rings. The second kappa shape index (κ2) is 7.53. The molecule has 0 radical (unpaired) electrons. The van der Waals surface area contributed by atoms with E-state index in [0.29, 0.717) is 35.0 Å². The molecule has 4 atom stereocenters. The summed E-state index contributed by atoms with van der Waals surface area (Å²) in [5.41, 5.74) is 0.568. The predicted molar refractivity (Wildman–Crippen MR) is 102 cm³/mol. The van der Waals surface area contributed by atoms with E-state index in [1.807, 2.05) is 4.90 Å². The summed E-state index contributed by atoms with van der Waals surface area (Å²) in [6, 6.07) is -0.922. The zero-order valence-electron chi connectivity index (χ0n) is 16.8. The van der Waals surface area contributed by atoms with Crippen molar-refractivity contribution >= 4 is 10.0 Å². The van der Waals surface area contributed by atoms with Gasteiger partial charge in [-0.3, -0.25) is 0 Å². The molecule has 0 saturated carbocycles. The Morgan fingerprint density at radius 2 is 2.00 bits per heavy atom. The molecule has 0 aromatic carbocycles. The van der Waals surface area contributed by atoms with Crippen molar-refractivity contribution in [3.05, 3.63) is 34.8 Å². The molecule has 4 unspecified atom stereocenters. The highest BCUT2D eigenvalue weighted by molar-refractivity contribution is 7.90. The topological polar surface area (TPSA) is 75.9 Å². The molecule has 1 aliphatic carbocycles. The molecule has 0 aromatic heterocycles. The minimum absolute atomic E-state index is 0.130. The van der Waals surface area contributed by atoms with Gasteiger partial charge in [-0.2, -0.15) is 17.5 Å². The van der Waals surface area contributed by atoms with Crippen LogP contribution in [0.25, 0.3) is 0 Å². The number of halogens is 5. The van der Waals surface area contributed by atoms with Crippen molar-refractivity contribution in [3.63, 3.8) is 0 Å². The number of allylic oxidation sites excluding steroid dienone is 3. The van der Waals surface area contributed by atoms with Crippen molar-refractivity contribution in [2.45, 2.75) is 55.6 Å². The van der Waals surface area contributed by atoms with Crippen molar-refractivity contribution in [3.8, 4) is 0 Å². The van der Waals surface area contributed by atoms with Crippen LogP contribution in [0.4, 0.5) is 22.0 Å². The molecule has 174 valence electrons. The molecule has 0 bridgehead atoms. The molecular formula is C19H24F5N3O3S. The standard InChI is InChI=1S/C19H24F5N3O3S/c1-18(21)4-2-14(20)13(7-18)17-15(25)6-12(10-30-17)27-5-3-11-8-26(9-16(11)27)31(28,29)19(22,23)24/h2,4,12,15,17H,3,5-10,25H2,1H3. The van der Waals surface area contributed by atoms with Crippen LogP contribution in [-0.2, 0) is 14.8 Å². The minimum Gasteiger partial charge on any atom is -0.370 e. The molecule has 6 nitrogen and oxygen atoms in total. The lowest BCUT2D eigenvalue weighted by atomic mass is 9.84. The van der Waals surface area contributed by atoms with Crippen LogP contribution in [0, 0.1) is 0 Å². The highest BCUT2D eigenvalue weighted by Gasteiger charge is 2.53. The van der Waals surface area contributed by atoms with Gasteiger partial charge >= 0.3 is 15.5 Å². The van der Waals surface area contributed by atoms with Gasteiger partial charge in [0.25, 0.3) is 0 Å². The van der Waals surface area contributed by atoms with Crippen LogP contribution in [0.5, 0.6) is 0 Å². The Balaban J connectivity index is 1.45. The summed E-state index contributed by atoms with van der Waals surface area (Å²) in [4.78, 5) is 1.85. The lowest BCUT2D eigenvalue weighted by Crippen LogP contribution is -2.53. The molecule has 4 rings (SSSR count). The molecule has 0 aromatic rings. The summed E-state index contributed by atoms with van der Waals surface area (Å²) < 4.78 is 97.1. The van der Waals surface area contributed by atoms with Crippen LogP contribution in [0.3, 0.4) is 0 Å². The molecule has 12 heteroatoms. The van der Waals surface area contributed by atoms with Crippen LogP contribution in [0.15, 0.2) is 34.8 Å². The molecule has 3 heterocycles. The van der Waals surface area contributed by atoms with E-state index in [-0.39, 0.29) is 37.7 Å². The van der Waals surface area contributed by atoms with Gasteiger partial charge in [0, 0.05) is 31.2 Å². The van der Waals surface area contributed by atoms with Crippen LogP contribution in [-0.4, -0.2) is 73.2 Å². The maximum Gasteiger partial charge on any atom is 0.511 e. The quantitative estimate of drug-likeness (QED) is 0.643. The number of hydrogen-bond donors (Lipinski definition) is 1. The van der Waals surface area contributed by atoms with Gasteiger partial charge in [0.05, 0.1) is 25.3 Å². The summed E-state index contributed by atoms with van der Waals surface area (Å²) in [6.07, 6.45) is 2.09. The third kappa shape index (κ3) is 4.03. The Hall–Kier alpha value is -1.50. The largest absolute Gasteiger partial charge is 0.511 e. The fourth-order valence-corrected chi connectivity index (χ4v) is 5.70. The van der Waals surface area contributed by atoms with E-state index in [1.54, 1.807) is 0 Å². The zero-order chi connectivity index (χ0) is 22.8. The average molecular weight is 469 g/mol. The summed E-state index contributed by atoms with van der Waals surface area (Å²) in [5, 5.41) is 0. The molecule has 1 saturated heterocycles. The van der Waals surface area contributed by atoms with Gasteiger partial charge in [0.1, 0.15) is 11.5 Å². The monoisotopic (exact) mass is 469 g/mol. The Morgan fingerprint density at radius 1 is 1.29 bits per heavy atom. The molecular weight excluding hydrogens is 445 g/mol. The van der Waals surface area contributed by atoms with Crippen molar-refractivity contribution in [1.29, 1.82) is 0 Å². The molecule has 2 N–H and O–H groups in total. The highest BCUT2D eigenvalue weighted by Crippen LogP contribution is 2.40. The maximum atomic E-state index is 14.3. The van der Waals surface area contributed by atoms with E-state index in [1.165, 1.54) is 6.92 Å². The lowest BCUT2D eigenvalue weighted by Gasteiger charge is -2.42. The SMILES string of the molecule is CC1(F)C=CC(F)=C(C2OCC(N3CCC4=C3CN(S(=O)(=O)C(F)(F)F)C4)CC2N)C1. The maximum absolute atomic E-state index is 14.3. The van der Waals surface area contributed by atoms with Crippen LogP contribution < -0.4 is 5.73 Å². The predicted octanol–water partition coefficient (Wildman–Crippen LogP) is 2.51. The van der Waals surface area contributed by atoms with Gasteiger partial charge in [-0.1, -0.05) is 0 Å². The van der Waals surface area contributed by atoms with Crippen molar-refractivity contribution in [1.82, 2.24) is 9.21 Å². The van der Waals surface area contributed by atoms with Gasteiger partial charge in [-0.15, -0.1) is 0 Å². The van der Waals surface area contributed by atoms with E-state index in [0.717, 1.165) is 12.2 Å². The fourth-order valence-electron chi connectivity index (χ4n) is 4.79. The Kier molecular flexibility index (Phi) is 5.51. The molecule has 3 aliphatic heterocycles. The number of ether oxygens (including phenoxy) is 1. The summed E-state index contributed by atoms with van der Waals surface area (Å²) in [7, 11) is -5.40. The number of sulfonamides is 1. The van der Waals surface area contributed by atoms with Gasteiger partial charge in [0.2, 0.25) is 0 Å². The minimum atomic E-state index is -5.40. The number of nitrogens with two attached hydrogens (primary N) is 1. The van der Waals surface area contributed by atoms with E-state index >= 15 is 0 Å². The smallest absolute Gasteiger partial charge is 0.370 e. The average Bonchev–Trinajstić information content (AvgIpc) is 3.24. The number of nitrogens with zero attached hydrogens (tertiary/aromatic N) is 2.